The topological polar surface area (TPSA) is 87.2 Å². The highest BCUT2D eigenvalue weighted by atomic mass is 16.5. The average molecular weight is 286 g/mol. The first-order valence-corrected chi connectivity index (χ1v) is 6.81. The number of hydrogen-bond acceptors (Lipinski definition) is 4. The lowest BCUT2D eigenvalue weighted by atomic mass is 10.3. The molecule has 7 nitrogen and oxygen atoms in total. The lowest BCUT2D eigenvalue weighted by Crippen LogP contribution is -2.50. The monoisotopic (exact) mass is 286 g/mol. The van der Waals surface area contributed by atoms with Crippen LogP contribution in [0.2, 0.25) is 0 Å². The third kappa shape index (κ3) is 4.71. The van der Waals surface area contributed by atoms with Crippen molar-refractivity contribution in [3.63, 3.8) is 0 Å². The van der Waals surface area contributed by atoms with Crippen molar-refractivity contribution in [2.24, 2.45) is 0 Å². The number of carbonyl (C=O) groups is 3. The van der Waals surface area contributed by atoms with E-state index < -0.39 is 18.0 Å². The van der Waals surface area contributed by atoms with E-state index in [0.717, 1.165) is 12.8 Å². The molecule has 0 spiro atoms. The van der Waals surface area contributed by atoms with E-state index in [2.05, 4.69) is 0 Å². The fourth-order valence-corrected chi connectivity index (χ4v) is 1.87. The van der Waals surface area contributed by atoms with Gasteiger partial charge in [0.15, 0.2) is 0 Å². The van der Waals surface area contributed by atoms with Gasteiger partial charge in [-0.1, -0.05) is 0 Å². The van der Waals surface area contributed by atoms with Crippen LogP contribution >= 0.6 is 0 Å². The van der Waals surface area contributed by atoms with Gasteiger partial charge in [0.2, 0.25) is 0 Å². The molecular formula is C13H22N2O5. The number of carboxylic acid groups (broad SMARTS) is 1. The van der Waals surface area contributed by atoms with E-state index in [1.165, 1.54) is 9.80 Å². The molecule has 1 rings (SSSR count). The molecule has 1 aliphatic rings. The van der Waals surface area contributed by atoms with Crippen molar-refractivity contribution < 1.29 is 24.2 Å². The van der Waals surface area contributed by atoms with Crippen LogP contribution in [0, 0.1) is 0 Å². The fraction of sp³-hybridized carbons (Fsp3) is 0.769. The quantitative estimate of drug-likeness (QED) is 0.703. The Morgan fingerprint density at radius 3 is 2.25 bits per heavy atom. The first-order chi connectivity index (χ1) is 9.36. The minimum absolute atomic E-state index is 0.0259. The maximum absolute atomic E-state index is 12.4. The molecule has 1 aliphatic carbocycles. The van der Waals surface area contributed by atoms with Gasteiger partial charge in [-0.25, -0.2) is 4.79 Å². The van der Waals surface area contributed by atoms with Crippen LogP contribution in [0.25, 0.3) is 0 Å². The summed E-state index contributed by atoms with van der Waals surface area (Å²) in [6.07, 6.45) is 1.62. The first-order valence-electron chi connectivity index (χ1n) is 6.81. The summed E-state index contributed by atoms with van der Waals surface area (Å²) in [5.41, 5.74) is 0. The third-order valence-corrected chi connectivity index (χ3v) is 3.01. The normalized spacial score (nSPS) is 14.0. The van der Waals surface area contributed by atoms with Crippen molar-refractivity contribution in [2.45, 2.75) is 45.7 Å². The molecule has 0 aromatic carbocycles. The van der Waals surface area contributed by atoms with Crippen LogP contribution in [0.3, 0.4) is 0 Å². The average Bonchev–Trinajstić information content (AvgIpc) is 3.16. The maximum atomic E-state index is 12.4. The summed E-state index contributed by atoms with van der Waals surface area (Å²) in [6, 6.07) is -0.651. The minimum Gasteiger partial charge on any atom is -0.480 e. The number of rotatable bonds is 7. The summed E-state index contributed by atoms with van der Waals surface area (Å²) in [4.78, 5) is 37.5. The van der Waals surface area contributed by atoms with Crippen LogP contribution in [0.5, 0.6) is 0 Å². The molecule has 0 bridgehead atoms. The molecule has 0 radical (unpaired) electrons. The van der Waals surface area contributed by atoms with Crippen molar-refractivity contribution in [3.05, 3.63) is 0 Å². The van der Waals surface area contributed by atoms with Crippen molar-refractivity contribution in [1.29, 1.82) is 0 Å². The van der Waals surface area contributed by atoms with E-state index in [1.54, 1.807) is 20.8 Å². The van der Waals surface area contributed by atoms with Crippen LogP contribution in [0.1, 0.15) is 33.6 Å². The number of aliphatic carboxylic acids is 1. The number of esters is 1. The lowest BCUT2D eigenvalue weighted by Gasteiger charge is -2.31. The molecule has 0 aliphatic heterocycles. The van der Waals surface area contributed by atoms with Crippen LogP contribution < -0.4 is 0 Å². The number of ether oxygens (including phenoxy) is 1. The molecule has 0 atom stereocenters. The summed E-state index contributed by atoms with van der Waals surface area (Å²) in [6.45, 7) is 5.01. The molecule has 0 aromatic heterocycles. The predicted molar refractivity (Wildman–Crippen MR) is 71.2 cm³/mol. The SMILES string of the molecule is CCOC(=O)CN(C(=O)N(CC(=O)O)C1CC1)C(C)C. The van der Waals surface area contributed by atoms with Gasteiger partial charge in [-0.2, -0.15) is 0 Å². The van der Waals surface area contributed by atoms with E-state index in [1.807, 2.05) is 0 Å². The van der Waals surface area contributed by atoms with Gasteiger partial charge in [0.25, 0.3) is 0 Å². The molecule has 0 heterocycles. The van der Waals surface area contributed by atoms with E-state index >= 15 is 0 Å². The zero-order chi connectivity index (χ0) is 15.3. The molecule has 114 valence electrons. The van der Waals surface area contributed by atoms with Gasteiger partial charge in [-0.15, -0.1) is 0 Å². The van der Waals surface area contributed by atoms with Crippen molar-refractivity contribution in [3.8, 4) is 0 Å². The van der Waals surface area contributed by atoms with Crippen LogP contribution in [0.4, 0.5) is 4.79 Å². The molecular weight excluding hydrogens is 264 g/mol. The number of carbonyl (C=O) groups excluding carboxylic acids is 2. The van der Waals surface area contributed by atoms with Gasteiger partial charge >= 0.3 is 18.0 Å². The Kier molecular flexibility index (Phi) is 5.79. The molecule has 0 saturated heterocycles. The summed E-state index contributed by atoms with van der Waals surface area (Å²) in [5, 5.41) is 8.89. The highest BCUT2D eigenvalue weighted by molar-refractivity contribution is 5.84. The molecule has 1 saturated carbocycles. The number of carboxylic acids is 1. The Morgan fingerprint density at radius 2 is 1.85 bits per heavy atom. The van der Waals surface area contributed by atoms with E-state index in [0.29, 0.717) is 0 Å². The van der Waals surface area contributed by atoms with Crippen LogP contribution in [-0.2, 0) is 14.3 Å². The summed E-state index contributed by atoms with van der Waals surface area (Å²) in [7, 11) is 0. The van der Waals surface area contributed by atoms with E-state index in [4.69, 9.17) is 9.84 Å². The third-order valence-electron chi connectivity index (χ3n) is 3.01. The van der Waals surface area contributed by atoms with Gasteiger partial charge in [-0.3, -0.25) is 9.59 Å². The highest BCUT2D eigenvalue weighted by Gasteiger charge is 2.37. The Balaban J connectivity index is 2.75. The molecule has 1 fully saturated rings. The highest BCUT2D eigenvalue weighted by Crippen LogP contribution is 2.28. The fourth-order valence-electron chi connectivity index (χ4n) is 1.87. The van der Waals surface area contributed by atoms with Crippen molar-refractivity contribution in [1.82, 2.24) is 9.80 Å². The zero-order valence-electron chi connectivity index (χ0n) is 12.2. The number of amides is 2. The Hall–Kier alpha value is -1.79. The standard InChI is InChI=1S/C13H22N2O5/c1-4-20-12(18)8-14(9(2)3)13(19)15(7-11(16)17)10-5-6-10/h9-10H,4-8H2,1-3H3,(H,16,17). The van der Waals surface area contributed by atoms with Gasteiger partial charge in [0, 0.05) is 12.1 Å². The van der Waals surface area contributed by atoms with Gasteiger partial charge in [0.05, 0.1) is 6.61 Å². The maximum Gasteiger partial charge on any atom is 0.325 e. The summed E-state index contributed by atoms with van der Waals surface area (Å²) >= 11 is 0. The first kappa shape index (κ1) is 16.3. The van der Waals surface area contributed by atoms with Crippen LogP contribution in [0.15, 0.2) is 0 Å². The van der Waals surface area contributed by atoms with E-state index in [9.17, 15) is 14.4 Å². The second kappa shape index (κ2) is 7.12. The number of urea groups is 1. The summed E-state index contributed by atoms with van der Waals surface area (Å²) in [5.74, 6) is -1.54. The second-order valence-electron chi connectivity index (χ2n) is 5.06. The number of nitrogens with zero attached hydrogens (tertiary/aromatic N) is 2. The Labute approximate surface area is 118 Å². The molecule has 7 heteroatoms. The van der Waals surface area contributed by atoms with Crippen molar-refractivity contribution in [2.75, 3.05) is 19.7 Å². The number of hydrogen-bond donors (Lipinski definition) is 1. The minimum atomic E-state index is -1.05. The summed E-state index contributed by atoms with van der Waals surface area (Å²) < 4.78 is 4.84. The van der Waals surface area contributed by atoms with Crippen molar-refractivity contribution >= 4 is 18.0 Å². The van der Waals surface area contributed by atoms with Gasteiger partial charge < -0.3 is 19.6 Å². The Bertz CT molecular complexity index is 379. The zero-order valence-corrected chi connectivity index (χ0v) is 12.2. The smallest absolute Gasteiger partial charge is 0.325 e. The second-order valence-corrected chi connectivity index (χ2v) is 5.06. The van der Waals surface area contributed by atoms with Crippen LogP contribution in [-0.4, -0.2) is 64.7 Å². The molecule has 2 amide bonds. The van der Waals surface area contributed by atoms with E-state index in [-0.39, 0.29) is 31.8 Å². The molecule has 20 heavy (non-hydrogen) atoms. The van der Waals surface area contributed by atoms with Gasteiger partial charge in [0.1, 0.15) is 13.1 Å². The van der Waals surface area contributed by atoms with Gasteiger partial charge in [-0.05, 0) is 33.6 Å². The molecule has 0 aromatic rings. The molecule has 0 unspecified atom stereocenters. The predicted octanol–water partition coefficient (Wildman–Crippen LogP) is 0.929. The largest absolute Gasteiger partial charge is 0.480 e. The Morgan fingerprint density at radius 1 is 1.25 bits per heavy atom. The molecule has 1 N–H and O–H groups in total. The lowest BCUT2D eigenvalue weighted by molar-refractivity contribution is -0.144.